The van der Waals surface area contributed by atoms with E-state index in [9.17, 15) is 19.7 Å². The maximum absolute atomic E-state index is 12.2. The lowest BCUT2D eigenvalue weighted by Gasteiger charge is -2.19. The van der Waals surface area contributed by atoms with E-state index < -0.39 is 4.92 Å². The van der Waals surface area contributed by atoms with E-state index in [0.717, 1.165) is 6.42 Å². The van der Waals surface area contributed by atoms with Gasteiger partial charge in [-0.05, 0) is 59.4 Å². The van der Waals surface area contributed by atoms with E-state index in [1.807, 2.05) is 55.5 Å². The van der Waals surface area contributed by atoms with Gasteiger partial charge in [-0.15, -0.1) is 0 Å². The summed E-state index contributed by atoms with van der Waals surface area (Å²) in [5.74, 6) is 1.26. The average molecular weight is 749 g/mol. The lowest BCUT2D eigenvalue weighted by Crippen LogP contribution is -2.10. The largest absolute Gasteiger partial charge is 0.493 e. The number of nitrogens with zero attached hydrogens (tertiary/aromatic N) is 1. The van der Waals surface area contributed by atoms with Crippen LogP contribution in [0, 0.1) is 10.1 Å². The number of nitrogens with two attached hydrogens (primary N) is 1. The summed E-state index contributed by atoms with van der Waals surface area (Å²) >= 11 is 0. The number of carbonyl (C=O) groups is 2. The fourth-order valence-electron chi connectivity index (χ4n) is 6.61. The quantitative estimate of drug-likeness (QED) is 0.0426. The highest BCUT2D eigenvalue weighted by Gasteiger charge is 2.19. The Morgan fingerprint density at radius 1 is 0.554 bits per heavy atom. The molecular weight excluding hydrogens is 701 g/mol. The van der Waals surface area contributed by atoms with Gasteiger partial charge in [0.1, 0.15) is 11.5 Å². The van der Waals surface area contributed by atoms with Gasteiger partial charge in [0.05, 0.1) is 29.3 Å². The third-order valence-corrected chi connectivity index (χ3v) is 9.56. The van der Waals surface area contributed by atoms with Crippen LogP contribution in [0.15, 0.2) is 158 Å². The molecule has 2 N–H and O–H groups in total. The Labute approximate surface area is 329 Å². The normalized spacial score (nSPS) is 10.7. The van der Waals surface area contributed by atoms with Crippen molar-refractivity contribution in [3.8, 4) is 11.5 Å². The van der Waals surface area contributed by atoms with Crippen molar-refractivity contribution in [1.29, 1.82) is 0 Å². The van der Waals surface area contributed by atoms with Gasteiger partial charge in [-0.3, -0.25) is 19.7 Å². The molecule has 6 rings (SSSR count). The molecule has 8 nitrogen and oxygen atoms in total. The van der Waals surface area contributed by atoms with Crippen LogP contribution in [0.4, 0.5) is 11.4 Å². The minimum atomic E-state index is -0.503. The first-order valence-electron chi connectivity index (χ1n) is 19.0. The van der Waals surface area contributed by atoms with Crippen molar-refractivity contribution in [2.45, 2.75) is 51.4 Å². The first-order chi connectivity index (χ1) is 27.3. The molecule has 6 aromatic rings. The van der Waals surface area contributed by atoms with E-state index in [0.29, 0.717) is 48.8 Å². The van der Waals surface area contributed by atoms with E-state index >= 15 is 0 Å². The van der Waals surface area contributed by atoms with Gasteiger partial charge in [0.2, 0.25) is 0 Å². The molecular formula is C48H48N2O6. The third kappa shape index (κ3) is 11.2. The number of nitrogen functional groups attached to an aromatic ring is 1. The minimum Gasteiger partial charge on any atom is -0.493 e. The Hall–Kier alpha value is -6.54. The standard InChI is InChI=1S/C24H23NO4.C24H25NO2/c1-2-23(26)22-17-20(25(27)28)13-14-24(22)29-16-15-21(18-9-5-3-6-10-18)19-11-7-4-8-12-19;1-2-23(26)22-17-20(25)13-14-24(22)27-16-15-21(18-9-5-3-6-10-18)19-11-7-4-8-12-19/h3-14,17,21H,2,15-16H2,1H3;3-14,17,21H,2,15-16,25H2,1H3. The number of non-ortho nitro benzene ring substituents is 1. The number of Topliss-reactive ketones (excluding diaryl/α,β-unsaturated/α-hetero) is 2. The van der Waals surface area contributed by atoms with Crippen LogP contribution in [0.3, 0.4) is 0 Å². The third-order valence-electron chi connectivity index (χ3n) is 9.56. The molecule has 0 fully saturated rings. The van der Waals surface area contributed by atoms with Crippen LogP contribution in [0.2, 0.25) is 0 Å². The molecule has 0 saturated carbocycles. The predicted octanol–water partition coefficient (Wildman–Crippen LogP) is 11.3. The van der Waals surface area contributed by atoms with Crippen molar-refractivity contribution in [1.82, 2.24) is 0 Å². The molecule has 0 bridgehead atoms. The number of ether oxygens (including phenoxy) is 2. The number of anilines is 1. The molecule has 0 aromatic heterocycles. The molecule has 0 saturated heterocycles. The molecule has 0 aliphatic heterocycles. The molecule has 286 valence electrons. The molecule has 0 aliphatic carbocycles. The van der Waals surface area contributed by atoms with Gasteiger partial charge in [-0.2, -0.15) is 0 Å². The second kappa shape index (κ2) is 20.8. The molecule has 8 heteroatoms. The van der Waals surface area contributed by atoms with Crippen LogP contribution < -0.4 is 15.2 Å². The monoisotopic (exact) mass is 748 g/mol. The molecule has 0 spiro atoms. The number of rotatable bonds is 17. The summed E-state index contributed by atoms with van der Waals surface area (Å²) < 4.78 is 11.9. The fraction of sp³-hybridized carbons (Fsp3) is 0.208. The zero-order valence-electron chi connectivity index (χ0n) is 31.9. The minimum absolute atomic E-state index is 0.0416. The van der Waals surface area contributed by atoms with Crippen LogP contribution in [-0.4, -0.2) is 29.7 Å². The smallest absolute Gasteiger partial charge is 0.270 e. The fourth-order valence-corrected chi connectivity index (χ4v) is 6.61. The van der Waals surface area contributed by atoms with Gasteiger partial charge in [-0.1, -0.05) is 135 Å². The Bertz CT molecular complexity index is 2080. The zero-order valence-corrected chi connectivity index (χ0v) is 31.9. The topological polar surface area (TPSA) is 122 Å². The number of ketones is 2. The number of hydrogen-bond acceptors (Lipinski definition) is 7. The maximum atomic E-state index is 12.2. The summed E-state index contributed by atoms with van der Waals surface area (Å²) in [5, 5.41) is 11.0. The Kier molecular flexibility index (Phi) is 15.1. The van der Waals surface area contributed by atoms with Crippen LogP contribution in [0.25, 0.3) is 0 Å². The predicted molar refractivity (Wildman–Crippen MR) is 223 cm³/mol. The lowest BCUT2D eigenvalue weighted by atomic mass is 9.89. The van der Waals surface area contributed by atoms with Crippen molar-refractivity contribution >= 4 is 22.9 Å². The van der Waals surface area contributed by atoms with Crippen LogP contribution >= 0.6 is 0 Å². The Morgan fingerprint density at radius 2 is 0.911 bits per heavy atom. The Balaban J connectivity index is 0.000000215. The molecule has 56 heavy (non-hydrogen) atoms. The summed E-state index contributed by atoms with van der Waals surface area (Å²) in [5.41, 5.74) is 12.0. The summed E-state index contributed by atoms with van der Waals surface area (Å²) in [7, 11) is 0. The second-order valence-corrected chi connectivity index (χ2v) is 13.3. The molecule has 0 amide bonds. The Morgan fingerprint density at radius 3 is 1.27 bits per heavy atom. The van der Waals surface area contributed by atoms with Gasteiger partial charge < -0.3 is 15.2 Å². The second-order valence-electron chi connectivity index (χ2n) is 13.3. The molecule has 6 aromatic carbocycles. The van der Waals surface area contributed by atoms with Gasteiger partial charge in [-0.25, -0.2) is 0 Å². The van der Waals surface area contributed by atoms with E-state index in [1.54, 1.807) is 25.1 Å². The van der Waals surface area contributed by atoms with E-state index in [-0.39, 0.29) is 41.1 Å². The van der Waals surface area contributed by atoms with Crippen molar-refractivity contribution in [2.75, 3.05) is 18.9 Å². The first-order valence-corrected chi connectivity index (χ1v) is 19.0. The highest BCUT2D eigenvalue weighted by Crippen LogP contribution is 2.31. The van der Waals surface area contributed by atoms with Crippen molar-refractivity contribution in [2.24, 2.45) is 0 Å². The summed E-state index contributed by atoms with van der Waals surface area (Å²) in [6.07, 6.45) is 2.22. The summed E-state index contributed by atoms with van der Waals surface area (Å²) in [6, 6.07) is 50.7. The zero-order chi connectivity index (χ0) is 39.7. The highest BCUT2D eigenvalue weighted by atomic mass is 16.6. The summed E-state index contributed by atoms with van der Waals surface area (Å²) in [4.78, 5) is 35.0. The van der Waals surface area contributed by atoms with Crippen molar-refractivity contribution < 1.29 is 24.0 Å². The average Bonchev–Trinajstić information content (AvgIpc) is 3.25. The molecule has 0 aliphatic rings. The molecule has 0 unspecified atom stereocenters. The van der Waals surface area contributed by atoms with Gasteiger partial charge in [0.15, 0.2) is 11.6 Å². The summed E-state index contributed by atoms with van der Waals surface area (Å²) in [6.45, 7) is 4.47. The van der Waals surface area contributed by atoms with E-state index in [4.69, 9.17) is 15.2 Å². The van der Waals surface area contributed by atoms with Crippen LogP contribution in [0.1, 0.15) is 94.3 Å². The molecule has 0 radical (unpaired) electrons. The highest BCUT2D eigenvalue weighted by molar-refractivity contribution is 5.99. The molecule has 0 atom stereocenters. The van der Waals surface area contributed by atoms with Crippen LogP contribution in [-0.2, 0) is 0 Å². The number of nitro benzene ring substituents is 1. The lowest BCUT2D eigenvalue weighted by molar-refractivity contribution is -0.384. The number of nitro groups is 1. The number of carbonyl (C=O) groups excluding carboxylic acids is 2. The number of benzene rings is 6. The van der Waals surface area contributed by atoms with Crippen molar-refractivity contribution in [3.05, 3.63) is 201 Å². The van der Waals surface area contributed by atoms with Gasteiger partial charge in [0, 0.05) is 42.5 Å². The first kappa shape index (κ1) is 40.6. The van der Waals surface area contributed by atoms with Gasteiger partial charge in [0.25, 0.3) is 5.69 Å². The number of hydrogen-bond donors (Lipinski definition) is 1. The van der Waals surface area contributed by atoms with E-state index in [1.165, 1.54) is 40.5 Å². The van der Waals surface area contributed by atoms with Gasteiger partial charge >= 0.3 is 0 Å². The van der Waals surface area contributed by atoms with Crippen molar-refractivity contribution in [3.63, 3.8) is 0 Å². The van der Waals surface area contributed by atoms with Crippen LogP contribution in [0.5, 0.6) is 11.5 Å². The van der Waals surface area contributed by atoms with E-state index in [2.05, 4.69) is 72.8 Å². The maximum Gasteiger partial charge on any atom is 0.270 e. The molecule has 0 heterocycles. The SMILES string of the molecule is CCC(=O)c1cc(N)ccc1OCCC(c1ccccc1)c1ccccc1.CCC(=O)c1cc([N+](=O)[O-])ccc1OCCC(c1ccccc1)c1ccccc1.